The highest BCUT2D eigenvalue weighted by Crippen LogP contribution is 2.13. The fourth-order valence-electron chi connectivity index (χ4n) is 1.95. The topological polar surface area (TPSA) is 71.5 Å². The molecule has 2 rings (SSSR count). The molecule has 2 aromatic rings. The van der Waals surface area contributed by atoms with Crippen LogP contribution in [0.2, 0.25) is 0 Å². The van der Waals surface area contributed by atoms with Crippen LogP contribution in [0.4, 0.5) is 5.82 Å². The molecule has 116 valence electrons. The first-order valence-electron chi connectivity index (χ1n) is 7.32. The van der Waals surface area contributed by atoms with Gasteiger partial charge in [0.25, 0.3) is 0 Å². The van der Waals surface area contributed by atoms with Gasteiger partial charge in [0.05, 0.1) is 6.61 Å². The zero-order valence-corrected chi connectivity index (χ0v) is 12.4. The van der Waals surface area contributed by atoms with E-state index in [1.807, 2.05) is 42.5 Å². The lowest BCUT2D eigenvalue weighted by Crippen LogP contribution is -2.08. The molecule has 0 fully saturated rings. The molecule has 0 aliphatic rings. The van der Waals surface area contributed by atoms with E-state index in [4.69, 9.17) is 9.84 Å². The molecule has 0 saturated heterocycles. The fraction of sp³-hybridized carbons (Fsp3) is 0.294. The molecule has 1 aromatic heterocycles. The quantitative estimate of drug-likeness (QED) is 0.697. The Balaban J connectivity index is 1.63. The zero-order valence-electron chi connectivity index (χ0n) is 12.4. The lowest BCUT2D eigenvalue weighted by Gasteiger charge is -2.08. The van der Waals surface area contributed by atoms with Crippen molar-refractivity contribution in [3.05, 3.63) is 54.2 Å². The maximum atomic E-state index is 10.5. The maximum Gasteiger partial charge on any atom is 0.303 e. The summed E-state index contributed by atoms with van der Waals surface area (Å²) in [7, 11) is 0. The first-order valence-corrected chi connectivity index (χ1v) is 7.32. The summed E-state index contributed by atoms with van der Waals surface area (Å²) in [5, 5.41) is 11.9. The fourth-order valence-corrected chi connectivity index (χ4v) is 1.95. The van der Waals surface area contributed by atoms with Gasteiger partial charge >= 0.3 is 5.97 Å². The molecule has 0 atom stereocenters. The van der Waals surface area contributed by atoms with E-state index < -0.39 is 5.97 Å². The van der Waals surface area contributed by atoms with Gasteiger partial charge in [0.2, 0.25) is 0 Å². The number of rotatable bonds is 9. The van der Waals surface area contributed by atoms with Crippen LogP contribution in [-0.2, 0) is 11.2 Å². The van der Waals surface area contributed by atoms with Crippen LogP contribution < -0.4 is 10.1 Å². The van der Waals surface area contributed by atoms with Crippen LogP contribution in [-0.4, -0.2) is 29.2 Å². The molecule has 0 spiro atoms. The van der Waals surface area contributed by atoms with Crippen molar-refractivity contribution in [2.45, 2.75) is 19.3 Å². The Morgan fingerprint density at radius 1 is 1.18 bits per heavy atom. The third kappa shape index (κ3) is 5.83. The van der Waals surface area contributed by atoms with Gasteiger partial charge in [-0.3, -0.25) is 4.79 Å². The molecule has 1 heterocycles. The number of nitrogens with zero attached hydrogens (tertiary/aromatic N) is 1. The van der Waals surface area contributed by atoms with Crippen molar-refractivity contribution in [1.29, 1.82) is 0 Å². The second-order valence-electron chi connectivity index (χ2n) is 4.88. The number of benzene rings is 1. The van der Waals surface area contributed by atoms with Crippen molar-refractivity contribution in [2.75, 3.05) is 18.5 Å². The molecule has 0 unspecified atom stereocenters. The monoisotopic (exact) mass is 300 g/mol. The van der Waals surface area contributed by atoms with Crippen LogP contribution in [0.5, 0.6) is 5.75 Å². The van der Waals surface area contributed by atoms with Crippen LogP contribution in [0.15, 0.2) is 48.7 Å². The molecule has 0 bridgehead atoms. The largest absolute Gasteiger partial charge is 0.494 e. The number of carboxylic acid groups (broad SMARTS) is 1. The van der Waals surface area contributed by atoms with Gasteiger partial charge in [0, 0.05) is 19.2 Å². The number of anilines is 1. The summed E-state index contributed by atoms with van der Waals surface area (Å²) in [4.78, 5) is 14.7. The SMILES string of the molecule is O=C(O)CCc1ccc(OCCCNc2ccccn2)cc1. The van der Waals surface area contributed by atoms with Crippen LogP contribution in [0.1, 0.15) is 18.4 Å². The van der Waals surface area contributed by atoms with Crippen molar-refractivity contribution in [3.8, 4) is 5.75 Å². The van der Waals surface area contributed by atoms with Crippen LogP contribution in [0.3, 0.4) is 0 Å². The van der Waals surface area contributed by atoms with E-state index >= 15 is 0 Å². The Hall–Kier alpha value is -2.56. The molecule has 22 heavy (non-hydrogen) atoms. The highest BCUT2D eigenvalue weighted by atomic mass is 16.5. The van der Waals surface area contributed by atoms with E-state index in [9.17, 15) is 4.79 Å². The summed E-state index contributed by atoms with van der Waals surface area (Å²) in [5.74, 6) is 0.892. The normalized spacial score (nSPS) is 10.2. The first kappa shape index (κ1) is 15.8. The Morgan fingerprint density at radius 2 is 2.00 bits per heavy atom. The minimum Gasteiger partial charge on any atom is -0.494 e. The lowest BCUT2D eigenvalue weighted by atomic mass is 10.1. The third-order valence-corrected chi connectivity index (χ3v) is 3.11. The summed E-state index contributed by atoms with van der Waals surface area (Å²) >= 11 is 0. The molecule has 0 saturated carbocycles. The highest BCUT2D eigenvalue weighted by molar-refractivity contribution is 5.67. The van der Waals surface area contributed by atoms with E-state index in [0.29, 0.717) is 13.0 Å². The summed E-state index contributed by atoms with van der Waals surface area (Å²) in [6, 6.07) is 13.3. The minimum absolute atomic E-state index is 0.152. The van der Waals surface area contributed by atoms with E-state index in [2.05, 4.69) is 10.3 Å². The molecule has 0 aliphatic heterocycles. The Bertz CT molecular complexity index is 570. The van der Waals surface area contributed by atoms with Crippen LogP contribution in [0, 0.1) is 0 Å². The van der Waals surface area contributed by atoms with Gasteiger partial charge in [0.15, 0.2) is 0 Å². The summed E-state index contributed by atoms with van der Waals surface area (Å²) in [5.41, 5.74) is 1.01. The highest BCUT2D eigenvalue weighted by Gasteiger charge is 2.00. The second kappa shape index (κ2) is 8.67. The third-order valence-electron chi connectivity index (χ3n) is 3.11. The van der Waals surface area contributed by atoms with Gasteiger partial charge in [-0.2, -0.15) is 0 Å². The van der Waals surface area contributed by atoms with Crippen molar-refractivity contribution < 1.29 is 14.6 Å². The average molecular weight is 300 g/mol. The second-order valence-corrected chi connectivity index (χ2v) is 4.88. The number of carboxylic acids is 1. The number of pyridine rings is 1. The van der Waals surface area contributed by atoms with E-state index in [1.165, 1.54) is 0 Å². The first-order chi connectivity index (χ1) is 10.7. The van der Waals surface area contributed by atoms with E-state index in [1.54, 1.807) is 6.20 Å². The smallest absolute Gasteiger partial charge is 0.303 e. The summed E-state index contributed by atoms with van der Waals surface area (Å²) < 4.78 is 5.65. The standard InChI is InChI=1S/C17H20N2O3/c20-17(21)10-7-14-5-8-15(9-6-14)22-13-3-12-19-16-4-1-2-11-18-16/h1-2,4-6,8-9,11H,3,7,10,12-13H2,(H,18,19)(H,20,21). The van der Waals surface area contributed by atoms with Gasteiger partial charge in [0.1, 0.15) is 11.6 Å². The van der Waals surface area contributed by atoms with Crippen LogP contribution in [0.25, 0.3) is 0 Å². The van der Waals surface area contributed by atoms with Gasteiger partial charge in [-0.15, -0.1) is 0 Å². The number of aromatic nitrogens is 1. The predicted molar refractivity (Wildman–Crippen MR) is 85.2 cm³/mol. The molecule has 1 aromatic carbocycles. The number of nitrogens with one attached hydrogen (secondary N) is 1. The summed E-state index contributed by atoms with van der Waals surface area (Å²) in [6.07, 6.45) is 3.32. The van der Waals surface area contributed by atoms with Gasteiger partial charge < -0.3 is 15.2 Å². The van der Waals surface area contributed by atoms with E-state index in [0.717, 1.165) is 30.1 Å². The predicted octanol–water partition coefficient (Wildman–Crippen LogP) is 2.98. The van der Waals surface area contributed by atoms with Crippen molar-refractivity contribution in [2.24, 2.45) is 0 Å². The number of hydrogen-bond acceptors (Lipinski definition) is 4. The number of ether oxygens (including phenoxy) is 1. The number of hydrogen-bond donors (Lipinski definition) is 2. The zero-order chi connectivity index (χ0) is 15.6. The Morgan fingerprint density at radius 3 is 2.68 bits per heavy atom. The molecular weight excluding hydrogens is 280 g/mol. The number of aryl methyl sites for hydroxylation is 1. The molecular formula is C17H20N2O3. The molecule has 0 amide bonds. The molecule has 5 heteroatoms. The van der Waals surface area contributed by atoms with Gasteiger partial charge in [-0.25, -0.2) is 4.98 Å². The van der Waals surface area contributed by atoms with E-state index in [-0.39, 0.29) is 6.42 Å². The Labute approximate surface area is 130 Å². The lowest BCUT2D eigenvalue weighted by molar-refractivity contribution is -0.136. The average Bonchev–Trinajstić information content (AvgIpc) is 2.54. The molecule has 0 aliphatic carbocycles. The van der Waals surface area contributed by atoms with Gasteiger partial charge in [-0.05, 0) is 42.7 Å². The van der Waals surface area contributed by atoms with Crippen molar-refractivity contribution in [3.63, 3.8) is 0 Å². The molecule has 5 nitrogen and oxygen atoms in total. The molecule has 0 radical (unpaired) electrons. The number of carbonyl (C=O) groups is 1. The number of aliphatic carboxylic acids is 1. The molecule has 2 N–H and O–H groups in total. The summed E-state index contributed by atoms with van der Waals surface area (Å²) in [6.45, 7) is 1.42. The minimum atomic E-state index is -0.777. The van der Waals surface area contributed by atoms with Crippen molar-refractivity contribution in [1.82, 2.24) is 4.98 Å². The van der Waals surface area contributed by atoms with Gasteiger partial charge in [-0.1, -0.05) is 18.2 Å². The van der Waals surface area contributed by atoms with Crippen LogP contribution >= 0.6 is 0 Å². The van der Waals surface area contributed by atoms with Crippen molar-refractivity contribution >= 4 is 11.8 Å². The Kier molecular flexibility index (Phi) is 6.23. The maximum absolute atomic E-state index is 10.5.